The molecule has 0 saturated carbocycles. The van der Waals surface area contributed by atoms with E-state index in [1.165, 1.54) is 50.7 Å². The minimum atomic E-state index is -4.24. The van der Waals surface area contributed by atoms with Crippen LogP contribution >= 0.6 is 11.3 Å². The van der Waals surface area contributed by atoms with E-state index >= 15 is 0 Å². The molecule has 1 nitrogen and oxygen atoms in total. The van der Waals surface area contributed by atoms with Crippen LogP contribution in [0.15, 0.2) is 97.2 Å². The van der Waals surface area contributed by atoms with Crippen LogP contribution in [0.1, 0.15) is 51.3 Å². The van der Waals surface area contributed by atoms with Gasteiger partial charge in [-0.05, 0) is 86.5 Å². The highest BCUT2D eigenvalue weighted by atomic mass is 32.1. The van der Waals surface area contributed by atoms with E-state index < -0.39 is 11.6 Å². The van der Waals surface area contributed by atoms with Crippen LogP contribution in [0.3, 0.4) is 0 Å². The second-order valence-corrected chi connectivity index (χ2v) is 14.4. The molecule has 0 radical (unpaired) electrons. The number of pyridine rings is 1. The minimum Gasteiger partial charge on any atom is -0.255 e. The van der Waals surface area contributed by atoms with E-state index in [9.17, 15) is 13.2 Å². The van der Waals surface area contributed by atoms with E-state index in [0.29, 0.717) is 5.56 Å². The number of thiophene rings is 1. The number of hydrogen-bond donors (Lipinski definition) is 0. The molecule has 0 aliphatic rings. The van der Waals surface area contributed by atoms with Gasteiger partial charge in [-0.3, -0.25) is 4.98 Å². The molecule has 6 aromatic rings. The highest BCUT2D eigenvalue weighted by Gasteiger charge is 2.46. The molecular formula is C39H36F3NS. The van der Waals surface area contributed by atoms with E-state index in [4.69, 9.17) is 4.98 Å². The van der Waals surface area contributed by atoms with Crippen molar-refractivity contribution in [1.29, 1.82) is 0 Å². The van der Waals surface area contributed by atoms with Crippen LogP contribution < -0.4 is 0 Å². The van der Waals surface area contributed by atoms with Crippen LogP contribution in [0.2, 0.25) is 0 Å². The lowest BCUT2D eigenvalue weighted by Crippen LogP contribution is -2.34. The van der Waals surface area contributed by atoms with E-state index in [0.717, 1.165) is 27.9 Å². The van der Waals surface area contributed by atoms with Gasteiger partial charge in [0.15, 0.2) is 0 Å². The Morgan fingerprint density at radius 2 is 1.30 bits per heavy atom. The lowest BCUT2D eigenvalue weighted by Gasteiger charge is -2.27. The van der Waals surface area contributed by atoms with Crippen molar-refractivity contribution in [3.63, 3.8) is 0 Å². The Balaban J connectivity index is 1.34. The summed E-state index contributed by atoms with van der Waals surface area (Å²) in [6, 6.07) is 31.1. The van der Waals surface area contributed by atoms with Crippen molar-refractivity contribution in [3.8, 4) is 32.8 Å². The van der Waals surface area contributed by atoms with Crippen molar-refractivity contribution in [2.45, 2.75) is 59.6 Å². The Bertz CT molecular complexity index is 1970. The van der Waals surface area contributed by atoms with Crippen molar-refractivity contribution in [3.05, 3.63) is 114 Å². The first-order valence-corrected chi connectivity index (χ1v) is 15.7. The van der Waals surface area contributed by atoms with Gasteiger partial charge in [0.25, 0.3) is 0 Å². The van der Waals surface area contributed by atoms with Crippen LogP contribution in [-0.2, 0) is 11.8 Å². The van der Waals surface area contributed by atoms with Crippen molar-refractivity contribution in [2.75, 3.05) is 0 Å². The summed E-state index contributed by atoms with van der Waals surface area (Å²) >= 11 is 1.77. The second-order valence-electron chi connectivity index (χ2n) is 13.4. The van der Waals surface area contributed by atoms with E-state index in [1.54, 1.807) is 23.5 Å². The fourth-order valence-electron chi connectivity index (χ4n) is 5.94. The van der Waals surface area contributed by atoms with Crippen LogP contribution in [0.25, 0.3) is 53.7 Å². The smallest absolute Gasteiger partial charge is 0.255 e. The number of aryl methyl sites for hydroxylation is 1. The molecule has 0 aliphatic carbocycles. The summed E-state index contributed by atoms with van der Waals surface area (Å²) in [5, 5.41) is 3.70. The molecule has 0 aliphatic heterocycles. The third kappa shape index (κ3) is 5.54. The molecule has 224 valence electrons. The SMILES string of the molecule is Cc1c(-c2ccc(-c3ccc(CC(C)(C)C(F)(F)F)cc3)cc2)sc2c(-c3cc(C(C)(C)C)c4ccccc4c3)nccc12. The molecule has 0 N–H and O–H groups in total. The predicted octanol–water partition coefficient (Wildman–Crippen LogP) is 12.2. The molecule has 5 heteroatoms. The number of fused-ring (bicyclic) bond motifs is 2. The van der Waals surface area contributed by atoms with E-state index in [2.05, 4.69) is 94.4 Å². The summed E-state index contributed by atoms with van der Waals surface area (Å²) in [6.45, 7) is 11.4. The maximum atomic E-state index is 13.4. The van der Waals surface area contributed by atoms with Crippen LogP contribution in [0.5, 0.6) is 0 Å². The molecule has 2 heterocycles. The number of benzene rings is 4. The summed E-state index contributed by atoms with van der Waals surface area (Å²) in [4.78, 5) is 6.11. The zero-order chi connectivity index (χ0) is 31.4. The summed E-state index contributed by atoms with van der Waals surface area (Å²) < 4.78 is 41.3. The number of hydrogen-bond acceptors (Lipinski definition) is 2. The van der Waals surface area contributed by atoms with Crippen LogP contribution in [0.4, 0.5) is 13.2 Å². The summed E-state index contributed by atoms with van der Waals surface area (Å²) in [6.07, 6.45) is -2.38. The largest absolute Gasteiger partial charge is 0.394 e. The normalized spacial score (nSPS) is 12.8. The first-order chi connectivity index (χ1) is 20.7. The Hall–Kier alpha value is -3.96. The molecule has 0 amide bonds. The fraction of sp³-hybridized carbons (Fsp3) is 0.256. The van der Waals surface area contributed by atoms with Gasteiger partial charge in [-0.25, -0.2) is 0 Å². The van der Waals surface area contributed by atoms with Gasteiger partial charge in [-0.2, -0.15) is 13.2 Å². The van der Waals surface area contributed by atoms with Gasteiger partial charge in [0, 0.05) is 16.6 Å². The highest BCUT2D eigenvalue weighted by molar-refractivity contribution is 7.23. The van der Waals surface area contributed by atoms with Gasteiger partial charge in [-0.1, -0.05) is 107 Å². The second kappa shape index (κ2) is 10.9. The molecule has 0 spiro atoms. The zero-order valence-electron chi connectivity index (χ0n) is 25.9. The minimum absolute atomic E-state index is 0.0121. The van der Waals surface area contributed by atoms with Gasteiger partial charge >= 0.3 is 6.18 Å². The Morgan fingerprint density at radius 3 is 1.93 bits per heavy atom. The number of halogens is 3. The summed E-state index contributed by atoms with van der Waals surface area (Å²) in [5.74, 6) is 0. The lowest BCUT2D eigenvalue weighted by atomic mass is 9.82. The molecule has 4 aromatic carbocycles. The standard InChI is InChI=1S/C39H36F3NS/c1-24-31-19-20-43-34(30-21-29-9-7-8-10-32(29)33(22-30)37(2,3)4)36(31)44-35(24)28-17-15-27(16-18-28)26-13-11-25(12-14-26)23-38(5,6)39(40,41)42/h7-22H,23H2,1-6H3. The summed E-state index contributed by atoms with van der Waals surface area (Å²) in [7, 11) is 0. The van der Waals surface area contributed by atoms with Gasteiger partial charge in [0.2, 0.25) is 0 Å². The van der Waals surface area contributed by atoms with Gasteiger partial charge in [0.05, 0.1) is 15.8 Å². The molecule has 0 saturated heterocycles. The molecule has 0 atom stereocenters. The number of alkyl halides is 3. The number of nitrogens with zero attached hydrogens (tertiary/aromatic N) is 1. The average Bonchev–Trinajstić information content (AvgIpc) is 3.32. The first kappa shape index (κ1) is 30.1. The Labute approximate surface area is 261 Å². The van der Waals surface area contributed by atoms with E-state index in [-0.39, 0.29) is 11.8 Å². The highest BCUT2D eigenvalue weighted by Crippen LogP contribution is 2.44. The van der Waals surface area contributed by atoms with Crippen molar-refractivity contribution < 1.29 is 13.2 Å². The monoisotopic (exact) mass is 607 g/mol. The molecule has 2 aromatic heterocycles. The number of aromatic nitrogens is 1. The maximum Gasteiger partial charge on any atom is 0.394 e. The van der Waals surface area contributed by atoms with Crippen molar-refractivity contribution >= 4 is 32.2 Å². The van der Waals surface area contributed by atoms with Gasteiger partial charge in [0.1, 0.15) is 0 Å². The predicted molar refractivity (Wildman–Crippen MR) is 180 cm³/mol. The topological polar surface area (TPSA) is 12.9 Å². The third-order valence-corrected chi connectivity index (χ3v) is 10.0. The first-order valence-electron chi connectivity index (χ1n) is 14.9. The number of rotatable bonds is 5. The molecule has 44 heavy (non-hydrogen) atoms. The Morgan fingerprint density at radius 1 is 0.682 bits per heavy atom. The summed E-state index contributed by atoms with van der Waals surface area (Å²) in [5.41, 5.74) is 6.72. The molecular weight excluding hydrogens is 571 g/mol. The van der Waals surface area contributed by atoms with E-state index in [1.807, 2.05) is 18.3 Å². The quantitative estimate of drug-likeness (QED) is 0.190. The van der Waals surface area contributed by atoms with Crippen molar-refractivity contribution in [2.24, 2.45) is 5.41 Å². The van der Waals surface area contributed by atoms with Crippen LogP contribution in [0, 0.1) is 12.3 Å². The van der Waals surface area contributed by atoms with Crippen molar-refractivity contribution in [1.82, 2.24) is 4.98 Å². The third-order valence-electron chi connectivity index (χ3n) is 8.64. The van der Waals surface area contributed by atoms with Crippen LogP contribution in [-0.4, -0.2) is 11.2 Å². The molecule has 0 unspecified atom stereocenters. The average molecular weight is 608 g/mol. The molecule has 0 bridgehead atoms. The molecule has 0 fully saturated rings. The maximum absolute atomic E-state index is 13.4. The fourth-order valence-corrected chi connectivity index (χ4v) is 7.26. The van der Waals surface area contributed by atoms with Gasteiger partial charge < -0.3 is 0 Å². The lowest BCUT2D eigenvalue weighted by molar-refractivity contribution is -0.211. The molecule has 6 rings (SSSR count). The zero-order valence-corrected chi connectivity index (χ0v) is 26.8. The Kier molecular flexibility index (Phi) is 7.44. The van der Waals surface area contributed by atoms with Gasteiger partial charge in [-0.15, -0.1) is 11.3 Å².